The Hall–Kier alpha value is -0.620. The van der Waals surface area contributed by atoms with E-state index in [1.54, 1.807) is 0 Å². The third kappa shape index (κ3) is 6.02. The van der Waals surface area contributed by atoms with Crippen LogP contribution in [0.3, 0.4) is 0 Å². The fourth-order valence-electron chi connectivity index (χ4n) is 2.06. The maximum absolute atomic E-state index is 11.7. The Morgan fingerprint density at radius 1 is 1.35 bits per heavy atom. The summed E-state index contributed by atoms with van der Waals surface area (Å²) in [5.74, 6) is 0.284. The molecular weight excluding hydrogens is 240 g/mol. The number of nitrogens with one attached hydrogen (secondary N) is 1. The first-order chi connectivity index (χ1) is 7.88. The normalized spacial score (nSPS) is 18.4. The van der Waals surface area contributed by atoms with Crippen LogP contribution < -0.4 is 5.32 Å². The fraction of sp³-hybridized carbons (Fsp3) is 0.909. The van der Waals surface area contributed by atoms with E-state index < -0.39 is 9.84 Å². The number of hydrogen-bond donors (Lipinski definition) is 1. The fourth-order valence-corrected chi connectivity index (χ4v) is 3.09. The van der Waals surface area contributed by atoms with Gasteiger partial charge in [0.05, 0.1) is 5.75 Å². The zero-order chi connectivity index (χ0) is 12.9. The molecule has 1 saturated heterocycles. The van der Waals surface area contributed by atoms with E-state index in [4.69, 9.17) is 0 Å². The molecule has 0 spiro atoms. The molecule has 0 saturated carbocycles. The van der Waals surface area contributed by atoms with Gasteiger partial charge < -0.3 is 10.2 Å². The third-order valence-electron chi connectivity index (χ3n) is 2.84. The largest absolute Gasteiger partial charge is 0.343 e. The molecule has 0 radical (unpaired) electrons. The molecule has 5 nitrogen and oxygen atoms in total. The van der Waals surface area contributed by atoms with E-state index in [9.17, 15) is 13.2 Å². The van der Waals surface area contributed by atoms with Crippen molar-refractivity contribution in [2.24, 2.45) is 0 Å². The number of carbonyl (C=O) groups excluding carboxylic acids is 1. The van der Waals surface area contributed by atoms with Gasteiger partial charge in [0.15, 0.2) is 0 Å². The van der Waals surface area contributed by atoms with E-state index in [0.29, 0.717) is 13.0 Å². The maximum atomic E-state index is 11.7. The lowest BCUT2D eigenvalue weighted by Gasteiger charge is -2.17. The van der Waals surface area contributed by atoms with Gasteiger partial charge in [-0.15, -0.1) is 0 Å². The van der Waals surface area contributed by atoms with Crippen molar-refractivity contribution in [1.82, 2.24) is 10.2 Å². The summed E-state index contributed by atoms with van der Waals surface area (Å²) in [5.41, 5.74) is 0. The smallest absolute Gasteiger partial charge is 0.223 e. The highest BCUT2D eigenvalue weighted by atomic mass is 32.2. The lowest BCUT2D eigenvalue weighted by molar-refractivity contribution is -0.130. The number of hydrogen-bond acceptors (Lipinski definition) is 4. The SMILES string of the molecule is CC(CS(C)(=O)=O)NCCC(=O)N1CCCC1. The van der Waals surface area contributed by atoms with Crippen LogP contribution in [-0.4, -0.2) is 56.9 Å². The zero-order valence-electron chi connectivity index (χ0n) is 10.6. The first kappa shape index (κ1) is 14.4. The molecule has 1 fully saturated rings. The maximum Gasteiger partial charge on any atom is 0.223 e. The summed E-state index contributed by atoms with van der Waals surface area (Å²) < 4.78 is 22.1. The molecule has 6 heteroatoms. The van der Waals surface area contributed by atoms with E-state index in [-0.39, 0.29) is 17.7 Å². The first-order valence-electron chi connectivity index (χ1n) is 6.07. The third-order valence-corrected chi connectivity index (χ3v) is 3.95. The molecule has 0 aromatic heterocycles. The van der Waals surface area contributed by atoms with Crippen LogP contribution in [0, 0.1) is 0 Å². The summed E-state index contributed by atoms with van der Waals surface area (Å²) in [4.78, 5) is 13.6. The number of carbonyl (C=O) groups is 1. The Kier molecular flexibility index (Phi) is 5.39. The minimum atomic E-state index is -2.95. The van der Waals surface area contributed by atoms with Crippen LogP contribution in [-0.2, 0) is 14.6 Å². The van der Waals surface area contributed by atoms with Gasteiger partial charge in [0.25, 0.3) is 0 Å². The number of likely N-dealkylation sites (tertiary alicyclic amines) is 1. The monoisotopic (exact) mass is 262 g/mol. The summed E-state index contributed by atoms with van der Waals surface area (Å²) in [6.07, 6.45) is 3.88. The molecular formula is C11H22N2O3S. The van der Waals surface area contributed by atoms with Gasteiger partial charge in [-0.2, -0.15) is 0 Å². The quantitative estimate of drug-likeness (QED) is 0.733. The van der Waals surface area contributed by atoms with Crippen molar-refractivity contribution in [3.63, 3.8) is 0 Å². The predicted molar refractivity (Wildman–Crippen MR) is 67.6 cm³/mol. The standard InChI is InChI=1S/C11H22N2O3S/c1-10(9-17(2,15)16)12-6-5-11(14)13-7-3-4-8-13/h10,12H,3-9H2,1-2H3. The lowest BCUT2D eigenvalue weighted by atomic mass is 10.3. The minimum Gasteiger partial charge on any atom is -0.343 e. The highest BCUT2D eigenvalue weighted by molar-refractivity contribution is 7.90. The average Bonchev–Trinajstić information content (AvgIpc) is 2.66. The molecule has 1 aliphatic heterocycles. The van der Waals surface area contributed by atoms with Crippen molar-refractivity contribution in [3.8, 4) is 0 Å². The molecule has 1 heterocycles. The summed E-state index contributed by atoms with van der Waals surface area (Å²) >= 11 is 0. The second-order valence-corrected chi connectivity index (χ2v) is 6.97. The minimum absolute atomic E-state index is 0.101. The van der Waals surface area contributed by atoms with Gasteiger partial charge in [-0.25, -0.2) is 8.42 Å². The van der Waals surface area contributed by atoms with Crippen molar-refractivity contribution in [3.05, 3.63) is 0 Å². The molecule has 100 valence electrons. The van der Waals surface area contributed by atoms with Gasteiger partial charge >= 0.3 is 0 Å². The second-order valence-electron chi connectivity index (χ2n) is 4.79. The number of rotatable bonds is 6. The number of amides is 1. The van der Waals surface area contributed by atoms with Crippen LogP contribution >= 0.6 is 0 Å². The molecule has 17 heavy (non-hydrogen) atoms. The van der Waals surface area contributed by atoms with Gasteiger partial charge in [-0.05, 0) is 19.8 Å². The van der Waals surface area contributed by atoms with Crippen molar-refractivity contribution >= 4 is 15.7 Å². The molecule has 1 rings (SSSR count). The average molecular weight is 262 g/mol. The second kappa shape index (κ2) is 6.35. The highest BCUT2D eigenvalue weighted by Crippen LogP contribution is 2.08. The summed E-state index contributed by atoms with van der Waals surface area (Å²) in [6.45, 7) is 4.11. The van der Waals surface area contributed by atoms with Gasteiger partial charge in [-0.3, -0.25) is 4.79 Å². The molecule has 1 aliphatic rings. The Labute approximate surface area is 103 Å². The van der Waals surface area contributed by atoms with E-state index in [1.165, 1.54) is 6.26 Å². The van der Waals surface area contributed by atoms with E-state index in [0.717, 1.165) is 25.9 Å². The van der Waals surface area contributed by atoms with Crippen LogP contribution in [0.15, 0.2) is 0 Å². The summed E-state index contributed by atoms with van der Waals surface area (Å²) in [7, 11) is -2.95. The van der Waals surface area contributed by atoms with Gasteiger partial charge in [0.1, 0.15) is 9.84 Å². The topological polar surface area (TPSA) is 66.5 Å². The summed E-state index contributed by atoms with van der Waals surface area (Å²) in [6, 6.07) is -0.101. The van der Waals surface area contributed by atoms with E-state index >= 15 is 0 Å². The van der Waals surface area contributed by atoms with Crippen LogP contribution in [0.5, 0.6) is 0 Å². The van der Waals surface area contributed by atoms with Crippen molar-refractivity contribution in [1.29, 1.82) is 0 Å². The van der Waals surface area contributed by atoms with Gasteiger partial charge in [0.2, 0.25) is 5.91 Å². The van der Waals surface area contributed by atoms with Gasteiger partial charge in [-0.1, -0.05) is 0 Å². The predicted octanol–water partition coefficient (Wildman–Crippen LogP) is 0.0216. The number of sulfone groups is 1. The van der Waals surface area contributed by atoms with E-state index in [2.05, 4.69) is 5.32 Å². The lowest BCUT2D eigenvalue weighted by Crippen LogP contribution is -2.36. The molecule has 1 atom stereocenters. The molecule has 0 bridgehead atoms. The molecule has 0 aromatic rings. The van der Waals surface area contributed by atoms with E-state index in [1.807, 2.05) is 11.8 Å². The highest BCUT2D eigenvalue weighted by Gasteiger charge is 2.17. The Morgan fingerprint density at radius 2 is 1.94 bits per heavy atom. The van der Waals surface area contributed by atoms with Crippen LogP contribution in [0.25, 0.3) is 0 Å². The van der Waals surface area contributed by atoms with Crippen LogP contribution in [0.1, 0.15) is 26.2 Å². The van der Waals surface area contributed by atoms with Gasteiger partial charge in [0, 0.05) is 38.4 Å². The zero-order valence-corrected chi connectivity index (χ0v) is 11.4. The van der Waals surface area contributed by atoms with Crippen molar-refractivity contribution in [2.75, 3.05) is 31.6 Å². The van der Waals surface area contributed by atoms with Crippen LogP contribution in [0.4, 0.5) is 0 Å². The molecule has 1 N–H and O–H groups in total. The molecule has 0 aromatic carbocycles. The Balaban J connectivity index is 2.16. The molecule has 1 amide bonds. The molecule has 0 aliphatic carbocycles. The molecule has 1 unspecified atom stereocenters. The van der Waals surface area contributed by atoms with Crippen molar-refractivity contribution < 1.29 is 13.2 Å². The summed E-state index contributed by atoms with van der Waals surface area (Å²) in [5, 5.41) is 3.07. The Morgan fingerprint density at radius 3 is 2.47 bits per heavy atom. The first-order valence-corrected chi connectivity index (χ1v) is 8.13. The van der Waals surface area contributed by atoms with Crippen molar-refractivity contribution in [2.45, 2.75) is 32.2 Å². The number of nitrogens with zero attached hydrogens (tertiary/aromatic N) is 1. The Bertz CT molecular complexity index is 348. The van der Waals surface area contributed by atoms with Crippen LogP contribution in [0.2, 0.25) is 0 Å².